The van der Waals surface area contributed by atoms with E-state index in [2.05, 4.69) is 5.32 Å². The molecule has 0 bridgehead atoms. The molecule has 9 heteroatoms. The van der Waals surface area contributed by atoms with Crippen LogP contribution in [0.1, 0.15) is 18.1 Å². The molecule has 0 spiro atoms. The van der Waals surface area contributed by atoms with E-state index in [1.54, 1.807) is 37.3 Å². The van der Waals surface area contributed by atoms with Crippen LogP contribution in [0.3, 0.4) is 0 Å². The smallest absolute Gasteiger partial charge is 0.332 e. The first-order valence-corrected chi connectivity index (χ1v) is 8.53. The number of carbonyl (C=O) groups excluding carboxylic acids is 2. The third-order valence-electron chi connectivity index (χ3n) is 4.02. The van der Waals surface area contributed by atoms with Crippen LogP contribution in [0.5, 0.6) is 0 Å². The molecule has 0 aliphatic rings. The number of rotatable bonds is 6. The molecule has 1 aromatic heterocycles. The Morgan fingerprint density at radius 3 is 2.39 bits per heavy atom. The fraction of sp³-hybridized carbons (Fsp3) is 0.263. The lowest BCUT2D eigenvalue weighted by Gasteiger charge is -2.12. The first-order valence-electron chi connectivity index (χ1n) is 8.53. The van der Waals surface area contributed by atoms with Gasteiger partial charge in [0.05, 0.1) is 13.0 Å². The molecular formula is C19H22N4O5. The maximum atomic E-state index is 12.3. The summed E-state index contributed by atoms with van der Waals surface area (Å²) in [6.07, 6.45) is 2.94. The Morgan fingerprint density at radius 2 is 1.79 bits per heavy atom. The summed E-state index contributed by atoms with van der Waals surface area (Å²) in [7, 11) is 2.72. The summed E-state index contributed by atoms with van der Waals surface area (Å²) in [4.78, 5) is 47.6. The normalized spacial score (nSPS) is 10.8. The van der Waals surface area contributed by atoms with Crippen LogP contribution in [0.4, 0.5) is 11.5 Å². The first-order chi connectivity index (χ1) is 13.2. The van der Waals surface area contributed by atoms with Crippen LogP contribution in [0.25, 0.3) is 6.08 Å². The SMILES string of the molecule is CCOC(=O)C=Cc1ccc(CC(=O)Nc2c(N)n(C)c(=O)n(C)c2=O)cc1. The van der Waals surface area contributed by atoms with E-state index >= 15 is 0 Å². The lowest BCUT2D eigenvalue weighted by atomic mass is 10.1. The van der Waals surface area contributed by atoms with Gasteiger partial charge in [0.2, 0.25) is 5.91 Å². The summed E-state index contributed by atoms with van der Waals surface area (Å²) in [5.41, 5.74) is 5.87. The molecular weight excluding hydrogens is 364 g/mol. The number of hydrogen-bond acceptors (Lipinski definition) is 6. The highest BCUT2D eigenvalue weighted by Gasteiger charge is 2.15. The lowest BCUT2D eigenvalue weighted by Crippen LogP contribution is -2.40. The molecule has 0 fully saturated rings. The molecule has 2 rings (SSSR count). The molecule has 9 nitrogen and oxygen atoms in total. The third kappa shape index (κ3) is 4.76. The van der Waals surface area contributed by atoms with Crippen molar-refractivity contribution in [2.45, 2.75) is 13.3 Å². The topological polar surface area (TPSA) is 125 Å². The third-order valence-corrected chi connectivity index (χ3v) is 4.02. The quantitative estimate of drug-likeness (QED) is 0.548. The summed E-state index contributed by atoms with van der Waals surface area (Å²) in [5, 5.41) is 2.47. The zero-order valence-corrected chi connectivity index (χ0v) is 15.9. The average molecular weight is 386 g/mol. The van der Waals surface area contributed by atoms with Gasteiger partial charge in [0.25, 0.3) is 5.56 Å². The van der Waals surface area contributed by atoms with Crippen molar-refractivity contribution in [3.63, 3.8) is 0 Å². The maximum absolute atomic E-state index is 12.3. The second-order valence-electron chi connectivity index (χ2n) is 6.02. The van der Waals surface area contributed by atoms with Crippen molar-refractivity contribution in [3.05, 3.63) is 62.3 Å². The van der Waals surface area contributed by atoms with Gasteiger partial charge in [-0.2, -0.15) is 0 Å². The second-order valence-corrected chi connectivity index (χ2v) is 6.02. The number of nitrogens with two attached hydrogens (primary N) is 1. The molecule has 1 aromatic carbocycles. The predicted molar refractivity (Wildman–Crippen MR) is 106 cm³/mol. The number of aromatic nitrogens is 2. The number of anilines is 2. The van der Waals surface area contributed by atoms with Crippen molar-refractivity contribution in [2.24, 2.45) is 14.1 Å². The number of nitrogens with one attached hydrogen (secondary N) is 1. The van der Waals surface area contributed by atoms with Gasteiger partial charge in [-0.1, -0.05) is 24.3 Å². The molecule has 0 saturated heterocycles. The van der Waals surface area contributed by atoms with E-state index in [-0.39, 0.29) is 17.9 Å². The standard InChI is InChI=1S/C19H22N4O5/c1-4-28-15(25)10-9-12-5-7-13(8-6-12)11-14(24)21-16-17(20)22(2)19(27)23(3)18(16)26/h5-10H,4,11,20H2,1-3H3,(H,21,24). The monoisotopic (exact) mass is 386 g/mol. The van der Waals surface area contributed by atoms with Gasteiger partial charge >= 0.3 is 11.7 Å². The number of amides is 1. The van der Waals surface area contributed by atoms with Gasteiger partial charge in [-0.3, -0.25) is 18.7 Å². The largest absolute Gasteiger partial charge is 0.463 e. The Kier molecular flexibility index (Phi) is 6.54. The molecule has 0 radical (unpaired) electrons. The van der Waals surface area contributed by atoms with E-state index in [1.165, 1.54) is 20.2 Å². The minimum atomic E-state index is -0.673. The van der Waals surface area contributed by atoms with Gasteiger partial charge in [0.15, 0.2) is 0 Å². The summed E-state index contributed by atoms with van der Waals surface area (Å²) in [5.74, 6) is -0.986. The molecule has 0 atom stereocenters. The number of esters is 1. The summed E-state index contributed by atoms with van der Waals surface area (Å²) in [6, 6.07) is 6.95. The zero-order chi connectivity index (χ0) is 20.8. The van der Waals surface area contributed by atoms with Gasteiger partial charge in [0, 0.05) is 20.2 Å². The van der Waals surface area contributed by atoms with Crippen molar-refractivity contribution >= 4 is 29.5 Å². The summed E-state index contributed by atoms with van der Waals surface area (Å²) in [6.45, 7) is 2.03. The van der Waals surface area contributed by atoms with E-state index in [1.807, 2.05) is 0 Å². The number of benzene rings is 1. The average Bonchev–Trinajstić information content (AvgIpc) is 2.68. The van der Waals surface area contributed by atoms with E-state index < -0.39 is 23.1 Å². The Morgan fingerprint density at radius 1 is 1.14 bits per heavy atom. The van der Waals surface area contributed by atoms with Crippen molar-refractivity contribution in [1.82, 2.24) is 9.13 Å². The number of ether oxygens (including phenoxy) is 1. The minimum Gasteiger partial charge on any atom is -0.463 e. The Bertz CT molecular complexity index is 1030. The number of carbonyl (C=O) groups is 2. The Balaban J connectivity index is 2.10. The van der Waals surface area contributed by atoms with Gasteiger partial charge in [0.1, 0.15) is 11.5 Å². The van der Waals surface area contributed by atoms with Crippen molar-refractivity contribution in [3.8, 4) is 0 Å². The Hall–Kier alpha value is -3.62. The first kappa shape index (κ1) is 20.7. The highest BCUT2D eigenvalue weighted by molar-refractivity contribution is 5.94. The number of nitrogens with zero attached hydrogens (tertiary/aromatic N) is 2. The molecule has 1 heterocycles. The lowest BCUT2D eigenvalue weighted by molar-refractivity contribution is -0.137. The van der Waals surface area contributed by atoms with Crippen molar-refractivity contribution in [1.29, 1.82) is 0 Å². The Labute approximate surface area is 161 Å². The molecule has 1 amide bonds. The summed E-state index contributed by atoms with van der Waals surface area (Å²) < 4.78 is 6.76. The highest BCUT2D eigenvalue weighted by atomic mass is 16.5. The minimum absolute atomic E-state index is 0.00725. The predicted octanol–water partition coefficient (Wildman–Crippen LogP) is 0.424. The second kappa shape index (κ2) is 8.85. The van der Waals surface area contributed by atoms with Crippen LogP contribution in [0.2, 0.25) is 0 Å². The maximum Gasteiger partial charge on any atom is 0.332 e. The van der Waals surface area contributed by atoms with E-state index in [0.29, 0.717) is 12.2 Å². The van der Waals surface area contributed by atoms with E-state index in [9.17, 15) is 19.2 Å². The number of hydrogen-bond donors (Lipinski definition) is 2. The molecule has 2 aromatic rings. The molecule has 148 valence electrons. The fourth-order valence-corrected chi connectivity index (χ4v) is 2.45. The fourth-order valence-electron chi connectivity index (χ4n) is 2.45. The van der Waals surface area contributed by atoms with Crippen LogP contribution in [-0.4, -0.2) is 27.6 Å². The van der Waals surface area contributed by atoms with Crippen LogP contribution in [0, 0.1) is 0 Å². The summed E-state index contributed by atoms with van der Waals surface area (Å²) >= 11 is 0. The van der Waals surface area contributed by atoms with Crippen LogP contribution in [-0.2, 0) is 34.8 Å². The van der Waals surface area contributed by atoms with Crippen LogP contribution >= 0.6 is 0 Å². The van der Waals surface area contributed by atoms with Crippen LogP contribution < -0.4 is 22.3 Å². The molecule has 0 aliphatic carbocycles. The van der Waals surface area contributed by atoms with Gasteiger partial charge in [-0.15, -0.1) is 0 Å². The molecule has 0 aliphatic heterocycles. The molecule has 0 saturated carbocycles. The van der Waals surface area contributed by atoms with Gasteiger partial charge in [-0.05, 0) is 24.1 Å². The molecule has 28 heavy (non-hydrogen) atoms. The highest BCUT2D eigenvalue weighted by Crippen LogP contribution is 2.11. The molecule has 3 N–H and O–H groups in total. The number of nitrogen functional groups attached to an aromatic ring is 1. The zero-order valence-electron chi connectivity index (χ0n) is 15.9. The van der Waals surface area contributed by atoms with Crippen molar-refractivity contribution in [2.75, 3.05) is 17.7 Å². The van der Waals surface area contributed by atoms with Crippen molar-refractivity contribution < 1.29 is 14.3 Å². The van der Waals surface area contributed by atoms with E-state index in [0.717, 1.165) is 14.7 Å². The van der Waals surface area contributed by atoms with E-state index in [4.69, 9.17) is 10.5 Å². The van der Waals surface area contributed by atoms with Gasteiger partial charge in [-0.25, -0.2) is 9.59 Å². The van der Waals surface area contributed by atoms with Gasteiger partial charge < -0.3 is 15.8 Å². The van der Waals surface area contributed by atoms with Crippen LogP contribution in [0.15, 0.2) is 39.9 Å². The molecule has 0 unspecified atom stereocenters.